The van der Waals surface area contributed by atoms with Crippen LogP contribution in [0.4, 0.5) is 5.69 Å². The van der Waals surface area contributed by atoms with Crippen LogP contribution in [0.1, 0.15) is 10.4 Å². The van der Waals surface area contributed by atoms with Crippen LogP contribution in [-0.4, -0.2) is 33.0 Å². The van der Waals surface area contributed by atoms with Gasteiger partial charge in [-0.05, 0) is 52.3 Å². The van der Waals surface area contributed by atoms with E-state index < -0.39 is 0 Å². The molecular weight excluding hydrogens is 378 g/mol. The standard InChI is InChI=1S/C17H16BrNO5/c1-22-13-5-3-12(4-6-13)19-17(21)10-24-16-7-11(9-20)14(18)8-15(16)23-2/h3-9H,10H2,1-2H3,(H,19,21). The summed E-state index contributed by atoms with van der Waals surface area (Å²) in [5.41, 5.74) is 1.03. The van der Waals surface area contributed by atoms with E-state index in [0.717, 1.165) is 0 Å². The van der Waals surface area contributed by atoms with Gasteiger partial charge in [0.25, 0.3) is 5.91 Å². The average Bonchev–Trinajstić information content (AvgIpc) is 2.60. The number of ether oxygens (including phenoxy) is 3. The highest BCUT2D eigenvalue weighted by Gasteiger charge is 2.12. The number of aldehydes is 1. The van der Waals surface area contributed by atoms with E-state index >= 15 is 0 Å². The lowest BCUT2D eigenvalue weighted by Crippen LogP contribution is -2.20. The fourth-order valence-corrected chi connectivity index (χ4v) is 2.34. The summed E-state index contributed by atoms with van der Waals surface area (Å²) in [6.45, 7) is -0.220. The van der Waals surface area contributed by atoms with Crippen molar-refractivity contribution in [1.29, 1.82) is 0 Å². The Bertz CT molecular complexity index is 731. The summed E-state index contributed by atoms with van der Waals surface area (Å²) in [5.74, 6) is 1.10. The summed E-state index contributed by atoms with van der Waals surface area (Å²) >= 11 is 3.26. The van der Waals surface area contributed by atoms with Gasteiger partial charge in [0.05, 0.1) is 14.2 Å². The Morgan fingerprint density at radius 3 is 2.42 bits per heavy atom. The molecule has 126 valence electrons. The van der Waals surface area contributed by atoms with Crippen molar-refractivity contribution in [3.05, 3.63) is 46.4 Å². The predicted molar refractivity (Wildman–Crippen MR) is 93.2 cm³/mol. The smallest absolute Gasteiger partial charge is 0.262 e. The quantitative estimate of drug-likeness (QED) is 0.730. The Hall–Kier alpha value is -2.54. The van der Waals surface area contributed by atoms with Crippen molar-refractivity contribution >= 4 is 33.8 Å². The molecule has 0 aliphatic carbocycles. The van der Waals surface area contributed by atoms with Crippen LogP contribution < -0.4 is 19.5 Å². The van der Waals surface area contributed by atoms with Gasteiger partial charge in [-0.1, -0.05) is 0 Å². The van der Waals surface area contributed by atoms with Gasteiger partial charge >= 0.3 is 0 Å². The van der Waals surface area contributed by atoms with Gasteiger partial charge in [-0.25, -0.2) is 0 Å². The fourth-order valence-electron chi connectivity index (χ4n) is 1.93. The van der Waals surface area contributed by atoms with Gasteiger partial charge in [0.2, 0.25) is 0 Å². The molecule has 2 aromatic rings. The van der Waals surface area contributed by atoms with E-state index in [9.17, 15) is 9.59 Å². The number of nitrogens with one attached hydrogen (secondary N) is 1. The lowest BCUT2D eigenvalue weighted by molar-refractivity contribution is -0.118. The minimum Gasteiger partial charge on any atom is -0.497 e. The molecule has 1 N–H and O–H groups in total. The zero-order chi connectivity index (χ0) is 17.5. The molecule has 0 atom stereocenters. The lowest BCUT2D eigenvalue weighted by Gasteiger charge is -2.12. The first-order valence-electron chi connectivity index (χ1n) is 6.96. The van der Waals surface area contributed by atoms with Gasteiger partial charge in [-0.15, -0.1) is 0 Å². The van der Waals surface area contributed by atoms with E-state index in [4.69, 9.17) is 14.2 Å². The molecular formula is C17H16BrNO5. The van der Waals surface area contributed by atoms with Crippen molar-refractivity contribution in [3.63, 3.8) is 0 Å². The van der Waals surface area contributed by atoms with Gasteiger partial charge < -0.3 is 19.5 Å². The Labute approximate surface area is 147 Å². The van der Waals surface area contributed by atoms with Crippen LogP contribution in [0.2, 0.25) is 0 Å². The number of halogens is 1. The summed E-state index contributed by atoms with van der Waals surface area (Å²) in [5, 5.41) is 2.70. The van der Waals surface area contributed by atoms with Crippen molar-refractivity contribution < 1.29 is 23.8 Å². The molecule has 0 fully saturated rings. The number of amides is 1. The maximum Gasteiger partial charge on any atom is 0.262 e. The zero-order valence-electron chi connectivity index (χ0n) is 13.2. The largest absolute Gasteiger partial charge is 0.497 e. The minimum atomic E-state index is -0.335. The van der Waals surface area contributed by atoms with Crippen LogP contribution in [0.5, 0.6) is 17.2 Å². The number of hydrogen-bond donors (Lipinski definition) is 1. The zero-order valence-corrected chi connectivity index (χ0v) is 14.8. The second-order valence-corrected chi connectivity index (χ2v) is 5.56. The lowest BCUT2D eigenvalue weighted by atomic mass is 10.2. The van der Waals surface area contributed by atoms with Gasteiger partial charge in [0.1, 0.15) is 5.75 Å². The topological polar surface area (TPSA) is 73.9 Å². The van der Waals surface area contributed by atoms with Crippen LogP contribution in [-0.2, 0) is 4.79 Å². The predicted octanol–water partition coefficient (Wildman–Crippen LogP) is 3.30. The molecule has 0 saturated heterocycles. The monoisotopic (exact) mass is 393 g/mol. The van der Waals surface area contributed by atoms with E-state index in [2.05, 4.69) is 21.2 Å². The summed E-state index contributed by atoms with van der Waals surface area (Å²) in [7, 11) is 3.05. The first-order valence-corrected chi connectivity index (χ1v) is 7.76. The molecule has 0 aliphatic rings. The second kappa shape index (κ2) is 8.35. The number of benzene rings is 2. The highest BCUT2D eigenvalue weighted by molar-refractivity contribution is 9.10. The molecule has 24 heavy (non-hydrogen) atoms. The molecule has 1 amide bonds. The van der Waals surface area contributed by atoms with Gasteiger partial charge in [-0.2, -0.15) is 0 Å². The Morgan fingerprint density at radius 1 is 1.12 bits per heavy atom. The third-order valence-electron chi connectivity index (χ3n) is 3.14. The van der Waals surface area contributed by atoms with Crippen LogP contribution in [0.3, 0.4) is 0 Å². The maximum absolute atomic E-state index is 12.0. The summed E-state index contributed by atoms with van der Waals surface area (Å²) in [4.78, 5) is 23.0. The van der Waals surface area contributed by atoms with Crippen molar-refractivity contribution in [2.45, 2.75) is 0 Å². The first kappa shape index (κ1) is 17.8. The summed E-state index contributed by atoms with van der Waals surface area (Å²) in [6, 6.07) is 10.1. The molecule has 7 heteroatoms. The Kier molecular flexibility index (Phi) is 6.20. The molecule has 0 aliphatic heterocycles. The van der Waals surface area contributed by atoms with Crippen LogP contribution >= 0.6 is 15.9 Å². The number of rotatable bonds is 7. The number of carbonyl (C=O) groups excluding carboxylic acids is 2. The fraction of sp³-hybridized carbons (Fsp3) is 0.176. The summed E-state index contributed by atoms with van der Waals surface area (Å²) in [6.07, 6.45) is 0.688. The number of anilines is 1. The number of hydrogen-bond acceptors (Lipinski definition) is 5. The Balaban J connectivity index is 2.01. The molecule has 0 bridgehead atoms. The first-order chi connectivity index (χ1) is 11.6. The molecule has 0 saturated carbocycles. The molecule has 2 rings (SSSR count). The second-order valence-electron chi connectivity index (χ2n) is 4.71. The highest BCUT2D eigenvalue weighted by atomic mass is 79.9. The average molecular weight is 394 g/mol. The van der Waals surface area contributed by atoms with Gasteiger partial charge in [0, 0.05) is 15.7 Å². The summed E-state index contributed by atoms with van der Waals surface area (Å²) < 4.78 is 16.3. The van der Waals surface area contributed by atoms with Crippen molar-refractivity contribution in [3.8, 4) is 17.2 Å². The number of methoxy groups -OCH3 is 2. The third-order valence-corrected chi connectivity index (χ3v) is 3.83. The SMILES string of the molecule is COc1ccc(NC(=O)COc2cc(C=O)c(Br)cc2OC)cc1. The van der Waals surface area contributed by atoms with Crippen molar-refractivity contribution in [1.82, 2.24) is 0 Å². The maximum atomic E-state index is 12.0. The van der Waals surface area contributed by atoms with E-state index in [0.29, 0.717) is 39.3 Å². The number of carbonyl (C=O) groups is 2. The molecule has 0 radical (unpaired) electrons. The molecule has 2 aromatic carbocycles. The van der Waals surface area contributed by atoms with E-state index in [1.807, 2.05) is 0 Å². The van der Waals surface area contributed by atoms with Crippen LogP contribution in [0, 0.1) is 0 Å². The van der Waals surface area contributed by atoms with Crippen LogP contribution in [0.15, 0.2) is 40.9 Å². The molecule has 6 nitrogen and oxygen atoms in total. The third kappa shape index (κ3) is 4.48. The molecule has 0 heterocycles. The van der Waals surface area contributed by atoms with E-state index in [1.54, 1.807) is 37.4 Å². The molecule has 0 aromatic heterocycles. The Morgan fingerprint density at radius 2 is 1.83 bits per heavy atom. The molecule has 0 unspecified atom stereocenters. The van der Waals surface area contributed by atoms with Gasteiger partial charge in [0.15, 0.2) is 24.4 Å². The van der Waals surface area contributed by atoms with Gasteiger partial charge in [-0.3, -0.25) is 9.59 Å². The van der Waals surface area contributed by atoms with Crippen molar-refractivity contribution in [2.24, 2.45) is 0 Å². The molecule has 0 spiro atoms. The van der Waals surface area contributed by atoms with E-state index in [-0.39, 0.29) is 12.5 Å². The normalized spacial score (nSPS) is 9.96. The van der Waals surface area contributed by atoms with Crippen LogP contribution in [0.25, 0.3) is 0 Å². The van der Waals surface area contributed by atoms with E-state index in [1.165, 1.54) is 13.2 Å². The van der Waals surface area contributed by atoms with Crippen molar-refractivity contribution in [2.75, 3.05) is 26.1 Å². The highest BCUT2D eigenvalue weighted by Crippen LogP contribution is 2.32. The minimum absolute atomic E-state index is 0.220.